The van der Waals surface area contributed by atoms with Crippen molar-refractivity contribution in [3.63, 3.8) is 0 Å². The predicted molar refractivity (Wildman–Crippen MR) is 102 cm³/mol. The van der Waals surface area contributed by atoms with Crippen molar-refractivity contribution >= 4 is 27.3 Å². The molecule has 2 aromatic rings. The second kappa shape index (κ2) is 6.88. The maximum absolute atomic E-state index is 13.4. The van der Waals surface area contributed by atoms with Crippen LogP contribution in [0.2, 0.25) is 0 Å². The lowest BCUT2D eigenvalue weighted by Gasteiger charge is -2.53. The summed E-state index contributed by atoms with van der Waals surface area (Å²) in [7, 11) is -3.60. The van der Waals surface area contributed by atoms with Gasteiger partial charge in [0.15, 0.2) is 12.2 Å². The van der Waals surface area contributed by atoms with Gasteiger partial charge in [0.05, 0.1) is 11.1 Å². The van der Waals surface area contributed by atoms with Crippen molar-refractivity contribution in [1.29, 1.82) is 0 Å². The molecule has 1 unspecified atom stereocenters. The van der Waals surface area contributed by atoms with Crippen LogP contribution in [0.3, 0.4) is 0 Å². The minimum Gasteiger partial charge on any atom is -0.443 e. The van der Waals surface area contributed by atoms with Crippen LogP contribution in [-0.4, -0.2) is 41.7 Å². The zero-order chi connectivity index (χ0) is 19.1. The molecule has 2 fully saturated rings. The molecule has 2 aliphatic rings. The summed E-state index contributed by atoms with van der Waals surface area (Å²) in [6.45, 7) is 3.89. The van der Waals surface area contributed by atoms with E-state index in [1.165, 1.54) is 23.8 Å². The normalized spacial score (nSPS) is 22.3. The molecule has 1 saturated carbocycles. The topological polar surface area (TPSA) is 92.5 Å². The third kappa shape index (κ3) is 3.24. The zero-order valence-corrected chi connectivity index (χ0v) is 16.4. The van der Waals surface area contributed by atoms with Crippen molar-refractivity contribution in [3.8, 4) is 10.6 Å². The van der Waals surface area contributed by atoms with Crippen molar-refractivity contribution in [2.24, 2.45) is 0 Å². The number of nitrogens with one attached hydrogen (secondary N) is 1. The molecule has 144 valence electrons. The molecule has 0 radical (unpaired) electrons. The molecular formula is C18H21N3O4S2. The summed E-state index contributed by atoms with van der Waals surface area (Å²) in [5, 5.41) is 2.93. The molecule has 3 heterocycles. The standard InChI is InChI=1S/C18H21N3O4S2/c1-2-16(22)20-13-6-9-21(18(10-13)7-3-8-18)27(23,24)17-5-4-15(26-17)14-11-19-12-25-14/h2,4-5,11-13H,1,3,6-10H2,(H,20,22). The van der Waals surface area contributed by atoms with Gasteiger partial charge < -0.3 is 9.73 Å². The number of sulfonamides is 1. The van der Waals surface area contributed by atoms with Gasteiger partial charge in [0.1, 0.15) is 4.21 Å². The van der Waals surface area contributed by atoms with E-state index in [1.807, 2.05) is 0 Å². The van der Waals surface area contributed by atoms with Gasteiger partial charge in [0, 0.05) is 18.1 Å². The van der Waals surface area contributed by atoms with Crippen LogP contribution < -0.4 is 5.32 Å². The van der Waals surface area contributed by atoms with E-state index in [1.54, 1.807) is 22.6 Å². The van der Waals surface area contributed by atoms with E-state index in [4.69, 9.17) is 4.42 Å². The summed E-state index contributed by atoms with van der Waals surface area (Å²) in [6.07, 6.45) is 8.06. The van der Waals surface area contributed by atoms with Crippen LogP contribution in [0.15, 0.2) is 46.0 Å². The Morgan fingerprint density at radius 2 is 2.26 bits per heavy atom. The summed E-state index contributed by atoms with van der Waals surface area (Å²) < 4.78 is 33.9. The molecule has 1 saturated heterocycles. The first-order valence-corrected chi connectivity index (χ1v) is 11.1. The third-order valence-electron chi connectivity index (χ3n) is 5.45. The van der Waals surface area contributed by atoms with Crippen molar-refractivity contribution in [3.05, 3.63) is 37.4 Å². The fourth-order valence-electron chi connectivity index (χ4n) is 4.01. The van der Waals surface area contributed by atoms with Crippen molar-refractivity contribution in [2.75, 3.05) is 6.54 Å². The highest BCUT2D eigenvalue weighted by molar-refractivity contribution is 7.91. The summed E-state index contributed by atoms with van der Waals surface area (Å²) in [4.78, 5) is 16.3. The monoisotopic (exact) mass is 407 g/mol. The van der Waals surface area contributed by atoms with Crippen LogP contribution in [0.5, 0.6) is 0 Å². The molecule has 1 spiro atoms. The Labute approximate surface area is 162 Å². The lowest BCUT2D eigenvalue weighted by Crippen LogP contribution is -2.62. The fourth-order valence-corrected chi connectivity index (χ4v) is 7.23. The molecule has 4 rings (SSSR count). The Morgan fingerprint density at radius 1 is 1.44 bits per heavy atom. The van der Waals surface area contributed by atoms with Gasteiger partial charge in [-0.15, -0.1) is 11.3 Å². The van der Waals surface area contributed by atoms with Crippen LogP contribution in [-0.2, 0) is 14.8 Å². The maximum atomic E-state index is 13.4. The van der Waals surface area contributed by atoms with Gasteiger partial charge in [-0.2, -0.15) is 4.31 Å². The Morgan fingerprint density at radius 3 is 2.89 bits per heavy atom. The summed E-state index contributed by atoms with van der Waals surface area (Å²) in [5.41, 5.74) is -0.396. The number of hydrogen-bond acceptors (Lipinski definition) is 6. The molecule has 1 aliphatic heterocycles. The zero-order valence-electron chi connectivity index (χ0n) is 14.8. The second-order valence-corrected chi connectivity index (χ2v) is 10.2. The Bertz CT molecular complexity index is 945. The molecule has 1 N–H and O–H groups in total. The molecule has 1 aliphatic carbocycles. The molecule has 1 atom stereocenters. The Hall–Kier alpha value is -1.97. The SMILES string of the molecule is C=CC(=O)NC1CCN(S(=O)(=O)c2ccc(-c3cnco3)s2)C2(CCC2)C1. The lowest BCUT2D eigenvalue weighted by atomic mass is 9.70. The maximum Gasteiger partial charge on any atom is 0.253 e. The van der Waals surface area contributed by atoms with Crippen LogP contribution in [0, 0.1) is 0 Å². The number of oxazole rings is 1. The van der Waals surface area contributed by atoms with Crippen LogP contribution in [0.4, 0.5) is 0 Å². The van der Waals surface area contributed by atoms with E-state index in [2.05, 4.69) is 16.9 Å². The van der Waals surface area contributed by atoms with E-state index < -0.39 is 15.6 Å². The van der Waals surface area contributed by atoms with Gasteiger partial charge in [0.25, 0.3) is 10.0 Å². The Kier molecular flexibility index (Phi) is 4.69. The van der Waals surface area contributed by atoms with E-state index in [0.717, 1.165) is 24.1 Å². The summed E-state index contributed by atoms with van der Waals surface area (Å²) >= 11 is 1.20. The van der Waals surface area contributed by atoms with Gasteiger partial charge in [-0.3, -0.25) is 4.79 Å². The molecule has 9 heteroatoms. The minimum absolute atomic E-state index is 0.0182. The first-order chi connectivity index (χ1) is 12.9. The first-order valence-electron chi connectivity index (χ1n) is 8.89. The highest BCUT2D eigenvalue weighted by Gasteiger charge is 2.52. The third-order valence-corrected chi connectivity index (χ3v) is 9.02. The van der Waals surface area contributed by atoms with Gasteiger partial charge in [-0.1, -0.05) is 6.58 Å². The number of amides is 1. The molecule has 27 heavy (non-hydrogen) atoms. The van der Waals surface area contributed by atoms with E-state index in [9.17, 15) is 13.2 Å². The number of thiophene rings is 1. The predicted octanol–water partition coefficient (Wildman–Crippen LogP) is 2.78. The number of nitrogens with zero attached hydrogens (tertiary/aromatic N) is 2. The quantitative estimate of drug-likeness (QED) is 0.770. The van der Waals surface area contributed by atoms with E-state index in [0.29, 0.717) is 29.4 Å². The second-order valence-electron chi connectivity index (χ2n) is 7.04. The smallest absolute Gasteiger partial charge is 0.253 e. The van der Waals surface area contributed by atoms with Crippen LogP contribution in [0.1, 0.15) is 32.1 Å². The fraction of sp³-hybridized carbons (Fsp3) is 0.444. The molecule has 0 aromatic carbocycles. The number of hydrogen-bond donors (Lipinski definition) is 1. The number of aromatic nitrogens is 1. The average molecular weight is 408 g/mol. The van der Waals surface area contributed by atoms with Gasteiger partial charge in [-0.25, -0.2) is 13.4 Å². The first kappa shape index (κ1) is 18.4. The summed E-state index contributed by atoms with van der Waals surface area (Å²) in [6, 6.07) is 3.37. The average Bonchev–Trinajstić information content (AvgIpc) is 3.31. The van der Waals surface area contributed by atoms with E-state index in [-0.39, 0.29) is 11.9 Å². The van der Waals surface area contributed by atoms with Crippen molar-refractivity contribution in [1.82, 2.24) is 14.6 Å². The molecule has 2 aromatic heterocycles. The number of piperidine rings is 1. The number of carbonyl (C=O) groups is 1. The van der Waals surface area contributed by atoms with Crippen molar-refractivity contribution in [2.45, 2.75) is 47.9 Å². The minimum atomic E-state index is -3.60. The highest BCUT2D eigenvalue weighted by atomic mass is 32.2. The van der Waals surface area contributed by atoms with Crippen molar-refractivity contribution < 1.29 is 17.6 Å². The van der Waals surface area contributed by atoms with Gasteiger partial charge in [-0.05, 0) is 50.3 Å². The molecule has 0 bridgehead atoms. The summed E-state index contributed by atoms with van der Waals surface area (Å²) in [5.74, 6) is 0.353. The largest absolute Gasteiger partial charge is 0.443 e. The lowest BCUT2D eigenvalue weighted by molar-refractivity contribution is -0.117. The van der Waals surface area contributed by atoms with Gasteiger partial charge in [0.2, 0.25) is 5.91 Å². The molecule has 7 nitrogen and oxygen atoms in total. The Balaban J connectivity index is 1.58. The highest BCUT2D eigenvalue weighted by Crippen LogP contribution is 2.47. The van der Waals surface area contributed by atoms with E-state index >= 15 is 0 Å². The van der Waals surface area contributed by atoms with Crippen LogP contribution >= 0.6 is 11.3 Å². The molecule has 1 amide bonds. The molecular weight excluding hydrogens is 386 g/mol. The van der Waals surface area contributed by atoms with Gasteiger partial charge >= 0.3 is 0 Å². The number of rotatable bonds is 5. The number of carbonyl (C=O) groups excluding carboxylic acids is 1. The van der Waals surface area contributed by atoms with Crippen LogP contribution in [0.25, 0.3) is 10.6 Å².